The van der Waals surface area contributed by atoms with Crippen LogP contribution in [-0.2, 0) is 4.74 Å². The van der Waals surface area contributed by atoms with E-state index in [1.54, 1.807) is 0 Å². The molecule has 1 aliphatic heterocycles. The minimum atomic E-state index is -0.483. The summed E-state index contributed by atoms with van der Waals surface area (Å²) in [4.78, 5) is 21.4. The van der Waals surface area contributed by atoms with Crippen LogP contribution in [0.2, 0.25) is 0 Å². The number of nitrogens with zero attached hydrogens (tertiary/aromatic N) is 4. The first-order chi connectivity index (χ1) is 13.0. The summed E-state index contributed by atoms with van der Waals surface area (Å²) in [6.45, 7) is 18.7. The quantitative estimate of drug-likeness (QED) is 0.701. The molecule has 0 spiro atoms. The molecule has 0 aliphatic carbocycles. The maximum atomic E-state index is 12.6. The molecule has 0 radical (unpaired) electrons. The van der Waals surface area contributed by atoms with Gasteiger partial charge in [0.05, 0.1) is 6.04 Å². The van der Waals surface area contributed by atoms with Crippen LogP contribution < -0.4 is 0 Å². The fraction of sp³-hybridized carbons (Fsp3) is 0.857. The molecule has 28 heavy (non-hydrogen) atoms. The molecular formula is C21H38N4O3. The van der Waals surface area contributed by atoms with Gasteiger partial charge in [0, 0.05) is 25.0 Å². The van der Waals surface area contributed by atoms with Crippen molar-refractivity contribution in [2.24, 2.45) is 5.92 Å². The van der Waals surface area contributed by atoms with Gasteiger partial charge < -0.3 is 14.2 Å². The maximum absolute atomic E-state index is 12.6. The molecule has 1 amide bonds. The number of likely N-dealkylation sites (tertiary alicyclic amines) is 1. The Hall–Kier alpha value is -1.63. The normalized spacial score (nSPS) is 19.9. The largest absolute Gasteiger partial charge is 0.444 e. The molecule has 0 saturated carbocycles. The zero-order valence-electron chi connectivity index (χ0n) is 18.9. The molecule has 1 aliphatic rings. The minimum Gasteiger partial charge on any atom is -0.444 e. The van der Waals surface area contributed by atoms with Crippen LogP contribution in [0.15, 0.2) is 4.52 Å². The second-order valence-electron chi connectivity index (χ2n) is 9.55. The molecular weight excluding hydrogens is 356 g/mol. The lowest BCUT2D eigenvalue weighted by atomic mass is 9.96. The zero-order chi connectivity index (χ0) is 21.1. The van der Waals surface area contributed by atoms with Crippen LogP contribution in [0.3, 0.4) is 0 Å². The Bertz CT molecular complexity index is 636. The van der Waals surface area contributed by atoms with Crippen molar-refractivity contribution in [2.45, 2.75) is 91.8 Å². The van der Waals surface area contributed by atoms with Crippen molar-refractivity contribution in [1.82, 2.24) is 19.9 Å². The van der Waals surface area contributed by atoms with Crippen LogP contribution in [0.5, 0.6) is 0 Å². The van der Waals surface area contributed by atoms with Gasteiger partial charge in [-0.25, -0.2) is 4.79 Å². The number of carbonyl (C=O) groups is 1. The first kappa shape index (κ1) is 22.7. The Kier molecular flexibility index (Phi) is 7.48. The molecule has 0 unspecified atom stereocenters. The molecule has 0 bridgehead atoms. The molecule has 7 heteroatoms. The number of hydrogen-bond donors (Lipinski definition) is 0. The lowest BCUT2D eigenvalue weighted by Gasteiger charge is -2.39. The lowest BCUT2D eigenvalue weighted by molar-refractivity contribution is 0.0101. The average molecular weight is 395 g/mol. The van der Waals surface area contributed by atoms with Gasteiger partial charge in [0.1, 0.15) is 5.60 Å². The smallest absolute Gasteiger partial charge is 0.410 e. The van der Waals surface area contributed by atoms with E-state index in [1.807, 2.05) is 39.5 Å². The molecule has 0 N–H and O–H groups in total. The molecule has 2 atom stereocenters. The van der Waals surface area contributed by atoms with Crippen molar-refractivity contribution in [3.63, 3.8) is 0 Å². The van der Waals surface area contributed by atoms with Gasteiger partial charge in [-0.05, 0) is 66.8 Å². The van der Waals surface area contributed by atoms with Gasteiger partial charge >= 0.3 is 6.09 Å². The summed E-state index contributed by atoms with van der Waals surface area (Å²) in [5.41, 5.74) is -0.483. The van der Waals surface area contributed by atoms with Crippen LogP contribution >= 0.6 is 0 Å². The summed E-state index contributed by atoms with van der Waals surface area (Å²) < 4.78 is 11.1. The third-order valence-electron chi connectivity index (χ3n) is 5.14. The van der Waals surface area contributed by atoms with E-state index in [2.05, 4.69) is 35.8 Å². The predicted molar refractivity (Wildman–Crippen MR) is 109 cm³/mol. The van der Waals surface area contributed by atoms with Gasteiger partial charge in [0.25, 0.3) is 0 Å². The number of aromatic nitrogens is 2. The van der Waals surface area contributed by atoms with Crippen LogP contribution in [0.4, 0.5) is 4.79 Å². The monoisotopic (exact) mass is 394 g/mol. The number of ether oxygens (including phenoxy) is 1. The highest BCUT2D eigenvalue weighted by Gasteiger charge is 2.31. The van der Waals surface area contributed by atoms with E-state index >= 15 is 0 Å². The number of piperidine rings is 1. The van der Waals surface area contributed by atoms with E-state index in [1.165, 1.54) is 0 Å². The SMILES string of the molecule is CC(C)c1noc([C@H](C)N2CCC[C@H](CN(C(=O)OC(C)(C)C)C(C)C)C2)n1. The van der Waals surface area contributed by atoms with E-state index in [4.69, 9.17) is 9.26 Å². The lowest BCUT2D eigenvalue weighted by Crippen LogP contribution is -2.47. The summed E-state index contributed by atoms with van der Waals surface area (Å²) in [6.07, 6.45) is 1.97. The average Bonchev–Trinajstić information content (AvgIpc) is 3.07. The predicted octanol–water partition coefficient (Wildman–Crippen LogP) is 4.61. The van der Waals surface area contributed by atoms with Crippen molar-refractivity contribution in [3.05, 3.63) is 11.7 Å². The second kappa shape index (κ2) is 9.25. The number of rotatable bonds is 6. The van der Waals surface area contributed by atoms with E-state index in [-0.39, 0.29) is 24.1 Å². The Morgan fingerprint density at radius 1 is 1.29 bits per heavy atom. The Balaban J connectivity index is 2.01. The molecule has 2 rings (SSSR count). The molecule has 1 fully saturated rings. The second-order valence-corrected chi connectivity index (χ2v) is 9.55. The number of amides is 1. The van der Waals surface area contributed by atoms with Gasteiger partial charge in [-0.1, -0.05) is 19.0 Å². The minimum absolute atomic E-state index is 0.0804. The summed E-state index contributed by atoms with van der Waals surface area (Å²) >= 11 is 0. The van der Waals surface area contributed by atoms with Crippen LogP contribution in [0, 0.1) is 5.92 Å². The first-order valence-electron chi connectivity index (χ1n) is 10.5. The first-order valence-corrected chi connectivity index (χ1v) is 10.5. The van der Waals surface area contributed by atoms with Crippen molar-refractivity contribution < 1.29 is 14.1 Å². The van der Waals surface area contributed by atoms with E-state index in [0.29, 0.717) is 18.4 Å². The van der Waals surface area contributed by atoms with Crippen molar-refractivity contribution in [2.75, 3.05) is 19.6 Å². The third kappa shape index (κ3) is 6.19. The van der Waals surface area contributed by atoms with Crippen LogP contribution in [-0.4, -0.2) is 57.3 Å². The fourth-order valence-electron chi connectivity index (χ4n) is 3.50. The fourth-order valence-corrected chi connectivity index (χ4v) is 3.50. The Morgan fingerprint density at radius 3 is 2.50 bits per heavy atom. The van der Waals surface area contributed by atoms with Gasteiger partial charge in [-0.3, -0.25) is 4.90 Å². The standard InChI is InChI=1S/C21H38N4O3/c1-14(2)18-22-19(28-23-18)16(5)24-11-9-10-17(12-24)13-25(15(3)4)20(26)27-21(6,7)8/h14-17H,9-13H2,1-8H3/t16-,17-/m0/s1. The summed E-state index contributed by atoms with van der Waals surface area (Å²) in [7, 11) is 0. The van der Waals surface area contributed by atoms with Crippen LogP contribution in [0.25, 0.3) is 0 Å². The molecule has 7 nitrogen and oxygen atoms in total. The van der Waals surface area contributed by atoms with Crippen molar-refractivity contribution in [1.29, 1.82) is 0 Å². The summed E-state index contributed by atoms with van der Waals surface area (Å²) in [6, 6.07) is 0.184. The van der Waals surface area contributed by atoms with Crippen molar-refractivity contribution >= 4 is 6.09 Å². The molecule has 0 aromatic carbocycles. The van der Waals surface area contributed by atoms with E-state index in [9.17, 15) is 4.79 Å². The molecule has 1 aromatic heterocycles. The highest BCUT2D eigenvalue weighted by molar-refractivity contribution is 5.68. The molecule has 1 aromatic rings. The molecule has 160 valence electrons. The third-order valence-corrected chi connectivity index (χ3v) is 5.14. The highest BCUT2D eigenvalue weighted by Crippen LogP contribution is 2.27. The van der Waals surface area contributed by atoms with Gasteiger partial charge in [0.15, 0.2) is 5.82 Å². The van der Waals surface area contributed by atoms with Crippen molar-refractivity contribution in [3.8, 4) is 0 Å². The zero-order valence-corrected chi connectivity index (χ0v) is 18.9. The van der Waals surface area contributed by atoms with Gasteiger partial charge in [-0.2, -0.15) is 4.98 Å². The maximum Gasteiger partial charge on any atom is 0.410 e. The highest BCUT2D eigenvalue weighted by atomic mass is 16.6. The molecule has 2 heterocycles. The Labute approximate surface area is 169 Å². The summed E-state index contributed by atoms with van der Waals surface area (Å²) in [5.74, 6) is 2.09. The summed E-state index contributed by atoms with van der Waals surface area (Å²) in [5, 5.41) is 4.10. The van der Waals surface area contributed by atoms with E-state index in [0.717, 1.165) is 31.8 Å². The van der Waals surface area contributed by atoms with E-state index < -0.39 is 5.60 Å². The van der Waals surface area contributed by atoms with Gasteiger partial charge in [-0.15, -0.1) is 0 Å². The molecule has 1 saturated heterocycles. The van der Waals surface area contributed by atoms with Crippen LogP contribution in [0.1, 0.15) is 91.9 Å². The number of hydrogen-bond acceptors (Lipinski definition) is 6. The van der Waals surface area contributed by atoms with Gasteiger partial charge in [0.2, 0.25) is 5.89 Å². The Morgan fingerprint density at radius 2 is 1.96 bits per heavy atom. The number of carbonyl (C=O) groups excluding carboxylic acids is 1. The topological polar surface area (TPSA) is 71.7 Å².